The summed E-state index contributed by atoms with van der Waals surface area (Å²) in [5, 5.41) is 0. The van der Waals surface area contributed by atoms with Crippen LogP contribution in [0.4, 0.5) is 0 Å². The van der Waals surface area contributed by atoms with Gasteiger partial charge in [0.1, 0.15) is 0 Å². The van der Waals surface area contributed by atoms with Crippen molar-refractivity contribution in [2.75, 3.05) is 0 Å². The molecule has 0 radical (unpaired) electrons. The average molecular weight is 134 g/mol. The molecule has 0 N–H and O–H groups in total. The van der Waals surface area contributed by atoms with Gasteiger partial charge in [0.15, 0.2) is 18.6 Å². The molecule has 0 saturated carbocycles. The molecule has 1 atom stereocenters. The van der Waals surface area contributed by atoms with E-state index in [-0.39, 0.29) is 6.29 Å². The van der Waals surface area contributed by atoms with E-state index in [4.69, 9.17) is 8.37 Å². The second-order valence-corrected chi connectivity index (χ2v) is 2.54. The van der Waals surface area contributed by atoms with Gasteiger partial charge < -0.3 is 0 Å². The second kappa shape index (κ2) is 2.71. The molecule has 0 aliphatic carbocycles. The molecule has 48 valence electrons. The Morgan fingerprint density at radius 2 is 2.25 bits per heavy atom. The van der Waals surface area contributed by atoms with E-state index >= 15 is 0 Å². The molecular weight excluding hydrogens is 124 g/mol. The minimum Gasteiger partial charge on any atom is -0.258 e. The Hall–Kier alpha value is 0.270. The Kier molecular flexibility index (Phi) is 2.16. The van der Waals surface area contributed by atoms with Crippen molar-refractivity contribution >= 4 is 12.3 Å². The van der Waals surface area contributed by atoms with E-state index < -0.39 is 0 Å². The van der Waals surface area contributed by atoms with Crippen LogP contribution in [0.3, 0.4) is 0 Å². The highest BCUT2D eigenvalue weighted by molar-refractivity contribution is 7.90. The molecule has 1 rings (SSSR count). The summed E-state index contributed by atoms with van der Waals surface area (Å²) in [5.74, 6) is 0.538. The standard InChI is InChI=1S/C5H10O2S/c1-3-4(2)5-6-8-7-5/h4-5H,3H2,1-2H3. The zero-order chi connectivity index (χ0) is 5.98. The topological polar surface area (TPSA) is 18.5 Å². The third-order valence-electron chi connectivity index (χ3n) is 1.38. The van der Waals surface area contributed by atoms with Crippen molar-refractivity contribution in [3.05, 3.63) is 0 Å². The van der Waals surface area contributed by atoms with Crippen molar-refractivity contribution < 1.29 is 8.37 Å². The molecule has 1 saturated heterocycles. The lowest BCUT2D eigenvalue weighted by Gasteiger charge is -2.27. The van der Waals surface area contributed by atoms with E-state index in [1.54, 1.807) is 0 Å². The first-order chi connectivity index (χ1) is 3.84. The van der Waals surface area contributed by atoms with Crippen molar-refractivity contribution in [1.29, 1.82) is 0 Å². The third-order valence-corrected chi connectivity index (χ3v) is 1.91. The van der Waals surface area contributed by atoms with E-state index in [9.17, 15) is 0 Å². The number of hydrogen-bond acceptors (Lipinski definition) is 3. The Morgan fingerprint density at radius 3 is 2.38 bits per heavy atom. The molecule has 8 heavy (non-hydrogen) atoms. The quantitative estimate of drug-likeness (QED) is 0.538. The van der Waals surface area contributed by atoms with Crippen LogP contribution >= 0.6 is 12.3 Å². The van der Waals surface area contributed by atoms with Crippen molar-refractivity contribution in [2.24, 2.45) is 5.92 Å². The minimum atomic E-state index is 0.0602. The summed E-state index contributed by atoms with van der Waals surface area (Å²) in [6.07, 6.45) is 1.18. The highest BCUT2D eigenvalue weighted by atomic mass is 32.2. The van der Waals surface area contributed by atoms with Crippen LogP contribution < -0.4 is 0 Å². The van der Waals surface area contributed by atoms with Gasteiger partial charge in [0.05, 0.1) is 0 Å². The van der Waals surface area contributed by atoms with Crippen LogP contribution in [0, 0.1) is 5.92 Å². The van der Waals surface area contributed by atoms with Gasteiger partial charge in [0.25, 0.3) is 0 Å². The van der Waals surface area contributed by atoms with Gasteiger partial charge in [-0.2, -0.15) is 0 Å². The smallest absolute Gasteiger partial charge is 0.190 e. The predicted octanol–water partition coefficient (Wildman–Crippen LogP) is 1.97. The Balaban J connectivity index is 2.13. The summed E-state index contributed by atoms with van der Waals surface area (Å²) in [6.45, 7) is 4.24. The molecule has 0 aromatic heterocycles. The molecule has 0 spiro atoms. The average Bonchev–Trinajstić information content (AvgIpc) is 1.62. The van der Waals surface area contributed by atoms with Crippen molar-refractivity contribution in [2.45, 2.75) is 26.6 Å². The molecule has 0 amide bonds. The van der Waals surface area contributed by atoms with Gasteiger partial charge in [-0.1, -0.05) is 13.8 Å². The van der Waals surface area contributed by atoms with Crippen molar-refractivity contribution in [1.82, 2.24) is 0 Å². The fraction of sp³-hybridized carbons (Fsp3) is 1.00. The lowest BCUT2D eigenvalue weighted by Crippen LogP contribution is -2.27. The van der Waals surface area contributed by atoms with Gasteiger partial charge in [-0.05, 0) is 6.42 Å². The van der Waals surface area contributed by atoms with E-state index in [0.29, 0.717) is 5.92 Å². The van der Waals surface area contributed by atoms with E-state index in [0.717, 1.165) is 18.7 Å². The lowest BCUT2D eigenvalue weighted by molar-refractivity contribution is -0.0786. The van der Waals surface area contributed by atoms with Crippen molar-refractivity contribution in [3.8, 4) is 0 Å². The van der Waals surface area contributed by atoms with Gasteiger partial charge >= 0.3 is 0 Å². The number of rotatable bonds is 2. The predicted molar refractivity (Wildman–Crippen MR) is 33.0 cm³/mol. The SMILES string of the molecule is CCC(C)C1OSO1. The zero-order valence-corrected chi connectivity index (χ0v) is 5.90. The van der Waals surface area contributed by atoms with Gasteiger partial charge in [0, 0.05) is 5.92 Å². The maximum atomic E-state index is 4.98. The summed E-state index contributed by atoms with van der Waals surface area (Å²) in [5.41, 5.74) is 0. The molecule has 1 fully saturated rings. The first-order valence-electron chi connectivity index (χ1n) is 2.83. The normalized spacial score (nSPS) is 24.8. The molecule has 1 aliphatic rings. The summed E-state index contributed by atoms with van der Waals surface area (Å²) >= 11 is 1.09. The monoisotopic (exact) mass is 134 g/mol. The van der Waals surface area contributed by atoms with Crippen LogP contribution in [-0.4, -0.2) is 6.29 Å². The Bertz CT molecular complexity index is 70.1. The summed E-state index contributed by atoms with van der Waals surface area (Å²) in [4.78, 5) is 0. The molecule has 0 bridgehead atoms. The van der Waals surface area contributed by atoms with Gasteiger partial charge in [-0.3, -0.25) is 8.37 Å². The summed E-state index contributed by atoms with van der Waals surface area (Å²) < 4.78 is 9.96. The maximum absolute atomic E-state index is 4.98. The third kappa shape index (κ3) is 1.16. The molecule has 1 aliphatic heterocycles. The molecule has 1 heterocycles. The van der Waals surface area contributed by atoms with E-state index in [1.165, 1.54) is 0 Å². The van der Waals surface area contributed by atoms with Crippen LogP contribution in [-0.2, 0) is 8.37 Å². The van der Waals surface area contributed by atoms with E-state index in [1.807, 2.05) is 0 Å². The molecular formula is C5H10O2S. The van der Waals surface area contributed by atoms with Crippen LogP contribution in [0.2, 0.25) is 0 Å². The van der Waals surface area contributed by atoms with Gasteiger partial charge in [0.2, 0.25) is 0 Å². The largest absolute Gasteiger partial charge is 0.258 e. The molecule has 2 nitrogen and oxygen atoms in total. The Morgan fingerprint density at radius 1 is 1.62 bits per heavy atom. The highest BCUT2D eigenvalue weighted by Gasteiger charge is 2.26. The fourth-order valence-electron chi connectivity index (χ4n) is 0.467. The van der Waals surface area contributed by atoms with Gasteiger partial charge in [-0.25, -0.2) is 0 Å². The molecule has 1 unspecified atom stereocenters. The highest BCUT2D eigenvalue weighted by Crippen LogP contribution is 2.31. The van der Waals surface area contributed by atoms with Crippen molar-refractivity contribution in [3.63, 3.8) is 0 Å². The first kappa shape index (κ1) is 6.39. The summed E-state index contributed by atoms with van der Waals surface area (Å²) in [7, 11) is 0. The van der Waals surface area contributed by atoms with E-state index in [2.05, 4.69) is 13.8 Å². The second-order valence-electron chi connectivity index (χ2n) is 2.01. The maximum Gasteiger partial charge on any atom is 0.190 e. The fourth-order valence-corrected chi connectivity index (χ4v) is 1.02. The number of hydrogen-bond donors (Lipinski definition) is 0. The van der Waals surface area contributed by atoms with Crippen LogP contribution in [0.25, 0.3) is 0 Å². The zero-order valence-electron chi connectivity index (χ0n) is 5.09. The van der Waals surface area contributed by atoms with Crippen LogP contribution in [0.5, 0.6) is 0 Å². The Labute approximate surface area is 54.0 Å². The van der Waals surface area contributed by atoms with Crippen LogP contribution in [0.1, 0.15) is 20.3 Å². The summed E-state index contributed by atoms with van der Waals surface area (Å²) in [6, 6.07) is 0. The first-order valence-corrected chi connectivity index (χ1v) is 3.50. The lowest BCUT2D eigenvalue weighted by atomic mass is 10.1. The molecule has 0 aromatic rings. The molecule has 0 aromatic carbocycles. The molecule has 3 heteroatoms. The minimum absolute atomic E-state index is 0.0602. The van der Waals surface area contributed by atoms with Crippen LogP contribution in [0.15, 0.2) is 0 Å². The van der Waals surface area contributed by atoms with Gasteiger partial charge in [-0.15, -0.1) is 0 Å².